The first-order chi connectivity index (χ1) is 7.79. The molecule has 2 aromatic heterocycles. The number of nitrogens with zero attached hydrogens (tertiary/aromatic N) is 1. The van der Waals surface area contributed by atoms with Crippen molar-refractivity contribution >= 4 is 40.3 Å². The Morgan fingerprint density at radius 3 is 3.12 bits per heavy atom. The maximum absolute atomic E-state index is 11.2. The second-order valence-corrected chi connectivity index (χ2v) is 6.11. The standard InChI is InChI=1S/C9H9N3OS3/c10-12-8(13)7-2-1-6(16-7)5-15-9-11-3-4-14-9/h1-4H,5,10H2,(H,12,13). The van der Waals surface area contributed by atoms with Gasteiger partial charge in [-0.05, 0) is 12.1 Å². The summed E-state index contributed by atoms with van der Waals surface area (Å²) in [6.45, 7) is 0. The zero-order chi connectivity index (χ0) is 11.4. The number of nitrogen functional groups attached to an aromatic ring is 1. The van der Waals surface area contributed by atoms with E-state index in [1.54, 1.807) is 35.4 Å². The van der Waals surface area contributed by atoms with Gasteiger partial charge in [0.2, 0.25) is 0 Å². The summed E-state index contributed by atoms with van der Waals surface area (Å²) in [5.74, 6) is 5.65. The lowest BCUT2D eigenvalue weighted by atomic mass is 10.4. The molecular weight excluding hydrogens is 262 g/mol. The highest BCUT2D eigenvalue weighted by Gasteiger charge is 2.07. The Balaban J connectivity index is 1.95. The van der Waals surface area contributed by atoms with Crippen LogP contribution in [0.2, 0.25) is 0 Å². The summed E-state index contributed by atoms with van der Waals surface area (Å²) in [6, 6.07) is 3.72. The van der Waals surface area contributed by atoms with E-state index in [2.05, 4.69) is 10.4 Å². The lowest BCUT2D eigenvalue weighted by molar-refractivity contribution is 0.0957. The molecule has 0 saturated heterocycles. The van der Waals surface area contributed by atoms with Crippen molar-refractivity contribution < 1.29 is 4.79 Å². The van der Waals surface area contributed by atoms with E-state index in [4.69, 9.17) is 5.84 Å². The highest BCUT2D eigenvalue weighted by Crippen LogP contribution is 2.27. The summed E-state index contributed by atoms with van der Waals surface area (Å²) in [5, 5.41) is 1.95. The van der Waals surface area contributed by atoms with Gasteiger partial charge in [0.15, 0.2) is 0 Å². The van der Waals surface area contributed by atoms with Crippen molar-refractivity contribution in [3.8, 4) is 0 Å². The monoisotopic (exact) mass is 271 g/mol. The van der Waals surface area contributed by atoms with Crippen LogP contribution in [-0.4, -0.2) is 10.9 Å². The largest absolute Gasteiger partial charge is 0.289 e. The minimum Gasteiger partial charge on any atom is -0.289 e. The van der Waals surface area contributed by atoms with Gasteiger partial charge in [-0.3, -0.25) is 10.2 Å². The molecule has 7 heteroatoms. The molecule has 4 nitrogen and oxygen atoms in total. The maximum atomic E-state index is 11.2. The Bertz CT molecular complexity index is 466. The molecule has 0 unspecified atom stereocenters. The predicted octanol–water partition coefficient (Wildman–Crippen LogP) is 2.10. The minimum absolute atomic E-state index is 0.240. The highest BCUT2D eigenvalue weighted by molar-refractivity contribution is 8.00. The molecule has 16 heavy (non-hydrogen) atoms. The van der Waals surface area contributed by atoms with Crippen LogP contribution < -0.4 is 11.3 Å². The number of carbonyl (C=O) groups excluding carboxylic acids is 1. The number of nitrogens with one attached hydrogen (secondary N) is 1. The van der Waals surface area contributed by atoms with Crippen LogP contribution in [0.4, 0.5) is 0 Å². The number of hydrogen-bond donors (Lipinski definition) is 2. The van der Waals surface area contributed by atoms with Crippen LogP contribution in [0.3, 0.4) is 0 Å². The van der Waals surface area contributed by atoms with Crippen molar-refractivity contribution in [2.75, 3.05) is 0 Å². The van der Waals surface area contributed by atoms with Crippen LogP contribution in [0.5, 0.6) is 0 Å². The third-order valence-corrected chi connectivity index (χ3v) is 5.05. The fraction of sp³-hybridized carbons (Fsp3) is 0.111. The third kappa shape index (κ3) is 2.82. The van der Waals surface area contributed by atoms with E-state index < -0.39 is 0 Å². The lowest BCUT2D eigenvalue weighted by Crippen LogP contribution is -2.29. The summed E-state index contributed by atoms with van der Waals surface area (Å²) < 4.78 is 1.04. The fourth-order valence-electron chi connectivity index (χ4n) is 1.06. The van der Waals surface area contributed by atoms with E-state index >= 15 is 0 Å². The van der Waals surface area contributed by atoms with Crippen molar-refractivity contribution in [1.29, 1.82) is 0 Å². The number of thiophene rings is 1. The van der Waals surface area contributed by atoms with Crippen LogP contribution in [0.25, 0.3) is 0 Å². The van der Waals surface area contributed by atoms with Crippen molar-refractivity contribution in [3.05, 3.63) is 33.5 Å². The second kappa shape index (κ2) is 5.44. The van der Waals surface area contributed by atoms with E-state index in [9.17, 15) is 4.79 Å². The number of carbonyl (C=O) groups is 1. The highest BCUT2D eigenvalue weighted by atomic mass is 32.2. The van der Waals surface area contributed by atoms with E-state index in [0.29, 0.717) is 4.88 Å². The van der Waals surface area contributed by atoms with Crippen molar-refractivity contribution in [2.24, 2.45) is 5.84 Å². The smallest absolute Gasteiger partial charge is 0.275 e. The van der Waals surface area contributed by atoms with E-state index in [1.165, 1.54) is 11.3 Å². The number of hydrogen-bond acceptors (Lipinski definition) is 6. The van der Waals surface area contributed by atoms with Gasteiger partial charge in [-0.1, -0.05) is 11.8 Å². The molecule has 2 aromatic rings. The lowest BCUT2D eigenvalue weighted by Gasteiger charge is -1.94. The molecular formula is C9H9N3OS3. The van der Waals surface area contributed by atoms with Gasteiger partial charge >= 0.3 is 0 Å². The molecule has 3 N–H and O–H groups in total. The summed E-state index contributed by atoms with van der Waals surface area (Å²) in [7, 11) is 0. The zero-order valence-electron chi connectivity index (χ0n) is 8.17. The van der Waals surface area contributed by atoms with Gasteiger partial charge in [0.1, 0.15) is 4.34 Å². The second-order valence-electron chi connectivity index (χ2n) is 2.83. The molecule has 2 heterocycles. The number of amides is 1. The quantitative estimate of drug-likeness (QED) is 0.387. The number of hydrazine groups is 1. The van der Waals surface area contributed by atoms with E-state index in [-0.39, 0.29) is 5.91 Å². The van der Waals surface area contributed by atoms with Crippen LogP contribution in [0.1, 0.15) is 14.5 Å². The first kappa shape index (κ1) is 11.6. The van der Waals surface area contributed by atoms with E-state index in [0.717, 1.165) is 15.0 Å². The molecule has 0 aromatic carbocycles. The SMILES string of the molecule is NNC(=O)c1ccc(CSc2nccs2)s1. The van der Waals surface area contributed by atoms with Crippen molar-refractivity contribution in [3.63, 3.8) is 0 Å². The van der Waals surface area contributed by atoms with Gasteiger partial charge in [-0.2, -0.15) is 0 Å². The summed E-state index contributed by atoms with van der Waals surface area (Å²) >= 11 is 4.74. The molecule has 0 fully saturated rings. The molecule has 84 valence electrons. The molecule has 2 rings (SSSR count). The Hall–Kier alpha value is -0.890. The Labute approximate surface area is 105 Å². The minimum atomic E-state index is -0.240. The van der Waals surface area contributed by atoms with Crippen molar-refractivity contribution in [1.82, 2.24) is 10.4 Å². The molecule has 0 spiro atoms. The fourth-order valence-corrected chi connectivity index (χ4v) is 3.65. The molecule has 0 aliphatic carbocycles. The average molecular weight is 271 g/mol. The Morgan fingerprint density at radius 1 is 1.56 bits per heavy atom. The Morgan fingerprint density at radius 2 is 2.44 bits per heavy atom. The maximum Gasteiger partial charge on any atom is 0.275 e. The summed E-state index contributed by atoms with van der Waals surface area (Å²) in [4.78, 5) is 17.2. The molecule has 0 saturated carbocycles. The predicted molar refractivity (Wildman–Crippen MR) is 67.6 cm³/mol. The summed E-state index contributed by atoms with van der Waals surface area (Å²) in [6.07, 6.45) is 1.79. The normalized spacial score (nSPS) is 10.3. The van der Waals surface area contributed by atoms with Gasteiger partial charge in [0, 0.05) is 22.2 Å². The van der Waals surface area contributed by atoms with E-state index in [1.807, 2.05) is 11.4 Å². The number of rotatable bonds is 4. The van der Waals surface area contributed by atoms with Crippen LogP contribution in [0.15, 0.2) is 28.0 Å². The molecule has 0 bridgehead atoms. The molecule has 0 aliphatic heterocycles. The summed E-state index contributed by atoms with van der Waals surface area (Å²) in [5.41, 5.74) is 2.12. The molecule has 1 amide bonds. The zero-order valence-corrected chi connectivity index (χ0v) is 10.6. The molecule has 0 radical (unpaired) electrons. The van der Waals surface area contributed by atoms with Gasteiger partial charge in [-0.15, -0.1) is 22.7 Å². The van der Waals surface area contributed by atoms with Crippen LogP contribution >= 0.6 is 34.4 Å². The number of thiazole rings is 1. The van der Waals surface area contributed by atoms with Gasteiger partial charge in [0.25, 0.3) is 5.91 Å². The first-order valence-electron chi connectivity index (χ1n) is 4.41. The Kier molecular flexibility index (Phi) is 3.94. The third-order valence-electron chi connectivity index (χ3n) is 1.76. The van der Waals surface area contributed by atoms with Crippen LogP contribution in [0, 0.1) is 0 Å². The van der Waals surface area contributed by atoms with Gasteiger partial charge in [-0.25, -0.2) is 10.8 Å². The van der Waals surface area contributed by atoms with Crippen LogP contribution in [-0.2, 0) is 5.75 Å². The van der Waals surface area contributed by atoms with Gasteiger partial charge < -0.3 is 0 Å². The number of thioether (sulfide) groups is 1. The van der Waals surface area contributed by atoms with Gasteiger partial charge in [0.05, 0.1) is 4.88 Å². The topological polar surface area (TPSA) is 68.0 Å². The number of aromatic nitrogens is 1. The first-order valence-corrected chi connectivity index (χ1v) is 7.09. The number of nitrogens with two attached hydrogens (primary N) is 1. The average Bonchev–Trinajstić information content (AvgIpc) is 2.96. The molecule has 0 atom stereocenters. The van der Waals surface area contributed by atoms with Crippen molar-refractivity contribution in [2.45, 2.75) is 10.1 Å². The molecule has 0 aliphatic rings.